The molecule has 1 aromatic carbocycles. The molecule has 1 heterocycles. The van der Waals surface area contributed by atoms with Crippen LogP contribution in [0.15, 0.2) is 30.3 Å². The maximum absolute atomic E-state index is 12.2. The summed E-state index contributed by atoms with van der Waals surface area (Å²) in [6, 6.07) is 10.1. The lowest BCUT2D eigenvalue weighted by atomic mass is 10.1. The molecule has 0 radical (unpaired) electrons. The summed E-state index contributed by atoms with van der Waals surface area (Å²) < 4.78 is 29.8. The molecule has 1 saturated heterocycles. The number of sulfonamides is 1. The maximum atomic E-state index is 12.2. The maximum Gasteiger partial charge on any atom is 0.235 e. The minimum atomic E-state index is -3.38. The molecule has 1 amide bonds. The molecule has 1 aliphatic rings. The second-order valence-corrected chi connectivity index (χ2v) is 8.82. The number of benzene rings is 1. The van der Waals surface area contributed by atoms with E-state index in [4.69, 9.17) is 4.74 Å². The van der Waals surface area contributed by atoms with Crippen molar-refractivity contribution in [3.63, 3.8) is 0 Å². The van der Waals surface area contributed by atoms with Crippen molar-refractivity contribution in [2.24, 2.45) is 0 Å². The quantitative estimate of drug-likeness (QED) is 0.714. The minimum Gasteiger partial charge on any atom is -0.373 e. The van der Waals surface area contributed by atoms with Crippen molar-refractivity contribution in [3.8, 4) is 0 Å². The van der Waals surface area contributed by atoms with Gasteiger partial charge in [-0.05, 0) is 12.0 Å². The Kier molecular flexibility index (Phi) is 7.57. The number of carbonyl (C=O) groups excluding carboxylic acids is 1. The predicted molar refractivity (Wildman–Crippen MR) is 101 cm³/mol. The number of ether oxygens (including phenoxy) is 1. The molecule has 2 rings (SSSR count). The Bertz CT molecular complexity index is 681. The van der Waals surface area contributed by atoms with Gasteiger partial charge in [0.25, 0.3) is 0 Å². The fraction of sp³-hybridized carbons (Fsp3) is 0.611. The Labute approximate surface area is 156 Å². The summed E-state index contributed by atoms with van der Waals surface area (Å²) in [6.07, 6.45) is 1.70. The molecule has 2 atom stereocenters. The van der Waals surface area contributed by atoms with E-state index in [0.717, 1.165) is 36.6 Å². The van der Waals surface area contributed by atoms with Crippen molar-refractivity contribution >= 4 is 15.9 Å². The fourth-order valence-corrected chi connectivity index (χ4v) is 3.34. The molecule has 1 aromatic rings. The monoisotopic (exact) mass is 383 g/mol. The average molecular weight is 384 g/mol. The molecule has 0 aliphatic carbocycles. The van der Waals surface area contributed by atoms with E-state index in [0.29, 0.717) is 6.61 Å². The molecule has 8 heteroatoms. The highest BCUT2D eigenvalue weighted by atomic mass is 32.2. The Morgan fingerprint density at radius 2 is 2.08 bits per heavy atom. The molecule has 0 unspecified atom stereocenters. The van der Waals surface area contributed by atoms with Crippen LogP contribution in [-0.4, -0.2) is 75.2 Å². The van der Waals surface area contributed by atoms with Gasteiger partial charge in [0.15, 0.2) is 0 Å². The van der Waals surface area contributed by atoms with E-state index in [2.05, 4.69) is 22.3 Å². The van der Waals surface area contributed by atoms with Crippen LogP contribution >= 0.6 is 0 Å². The van der Waals surface area contributed by atoms with Crippen LogP contribution < -0.4 is 5.32 Å². The number of nitrogens with zero attached hydrogens (tertiary/aromatic N) is 2. The first kappa shape index (κ1) is 20.8. The Hall–Kier alpha value is -1.48. The van der Waals surface area contributed by atoms with Crippen molar-refractivity contribution in [1.29, 1.82) is 0 Å². The lowest BCUT2D eigenvalue weighted by Gasteiger charge is -2.37. The smallest absolute Gasteiger partial charge is 0.235 e. The number of hydrogen-bond acceptors (Lipinski definition) is 5. The van der Waals surface area contributed by atoms with Gasteiger partial charge in [-0.15, -0.1) is 0 Å². The summed E-state index contributed by atoms with van der Waals surface area (Å²) in [5.41, 5.74) is 1.25. The number of carbonyl (C=O) groups is 1. The molecule has 1 N–H and O–H groups in total. The van der Waals surface area contributed by atoms with E-state index in [1.807, 2.05) is 25.1 Å². The van der Waals surface area contributed by atoms with Crippen LogP contribution in [0.3, 0.4) is 0 Å². The average Bonchev–Trinajstić information content (AvgIpc) is 2.60. The van der Waals surface area contributed by atoms with E-state index in [9.17, 15) is 13.2 Å². The molecular formula is C18H29N3O4S. The molecule has 1 aliphatic heterocycles. The third-order valence-electron chi connectivity index (χ3n) is 4.59. The highest BCUT2D eigenvalue weighted by Gasteiger charge is 2.29. The summed E-state index contributed by atoms with van der Waals surface area (Å²) in [7, 11) is -1.98. The Balaban J connectivity index is 1.90. The molecule has 0 aromatic heterocycles. The zero-order valence-corrected chi connectivity index (χ0v) is 16.5. The predicted octanol–water partition coefficient (Wildman–Crippen LogP) is 0.674. The van der Waals surface area contributed by atoms with Crippen LogP contribution in [0.5, 0.6) is 0 Å². The SMILES string of the molecule is CC[C@@H](NC(=O)CN(C)S(C)(=O)=O)[C@@H]1CN(Cc2ccccc2)CCO1. The molecular weight excluding hydrogens is 354 g/mol. The van der Waals surface area contributed by atoms with Crippen LogP contribution in [0.2, 0.25) is 0 Å². The first-order chi connectivity index (χ1) is 12.3. The van der Waals surface area contributed by atoms with Crippen molar-refractivity contribution < 1.29 is 17.9 Å². The lowest BCUT2D eigenvalue weighted by Crippen LogP contribution is -2.54. The number of likely N-dealkylation sites (N-methyl/N-ethyl adjacent to an activating group) is 1. The van der Waals surface area contributed by atoms with Crippen LogP contribution in [0, 0.1) is 0 Å². The number of morpholine rings is 1. The summed E-state index contributed by atoms with van der Waals surface area (Å²) in [5.74, 6) is -0.312. The van der Waals surface area contributed by atoms with E-state index < -0.39 is 10.0 Å². The van der Waals surface area contributed by atoms with Gasteiger partial charge in [0, 0.05) is 26.7 Å². The second-order valence-electron chi connectivity index (χ2n) is 6.73. The van der Waals surface area contributed by atoms with Gasteiger partial charge in [-0.1, -0.05) is 37.3 Å². The van der Waals surface area contributed by atoms with Crippen molar-refractivity contribution in [2.75, 3.05) is 39.5 Å². The molecule has 0 spiro atoms. The third-order valence-corrected chi connectivity index (χ3v) is 5.86. The summed E-state index contributed by atoms with van der Waals surface area (Å²) in [5, 5.41) is 2.93. The van der Waals surface area contributed by atoms with Crippen LogP contribution in [-0.2, 0) is 26.1 Å². The molecule has 7 nitrogen and oxygen atoms in total. The number of hydrogen-bond donors (Lipinski definition) is 1. The molecule has 26 heavy (non-hydrogen) atoms. The molecule has 0 saturated carbocycles. The number of rotatable bonds is 8. The Morgan fingerprint density at radius 1 is 1.38 bits per heavy atom. The van der Waals surface area contributed by atoms with Crippen LogP contribution in [0.4, 0.5) is 0 Å². The Morgan fingerprint density at radius 3 is 2.69 bits per heavy atom. The van der Waals surface area contributed by atoms with Crippen molar-refractivity contribution in [1.82, 2.24) is 14.5 Å². The van der Waals surface area contributed by atoms with Gasteiger partial charge in [-0.25, -0.2) is 8.42 Å². The fourth-order valence-electron chi connectivity index (χ4n) is 2.99. The van der Waals surface area contributed by atoms with Gasteiger partial charge >= 0.3 is 0 Å². The molecule has 146 valence electrons. The van der Waals surface area contributed by atoms with Gasteiger partial charge < -0.3 is 10.1 Å². The third kappa shape index (κ3) is 6.35. The van der Waals surface area contributed by atoms with Crippen LogP contribution in [0.1, 0.15) is 18.9 Å². The van der Waals surface area contributed by atoms with Crippen LogP contribution in [0.25, 0.3) is 0 Å². The van der Waals surface area contributed by atoms with E-state index in [1.54, 1.807) is 0 Å². The van der Waals surface area contributed by atoms with E-state index in [-0.39, 0.29) is 24.6 Å². The van der Waals surface area contributed by atoms with Gasteiger partial charge in [0.2, 0.25) is 15.9 Å². The summed E-state index contributed by atoms with van der Waals surface area (Å²) >= 11 is 0. The molecule has 1 fully saturated rings. The van der Waals surface area contributed by atoms with Gasteiger partial charge in [-0.3, -0.25) is 9.69 Å². The van der Waals surface area contributed by atoms with Crippen molar-refractivity contribution in [3.05, 3.63) is 35.9 Å². The molecule has 0 bridgehead atoms. The van der Waals surface area contributed by atoms with Crippen molar-refractivity contribution in [2.45, 2.75) is 32.0 Å². The van der Waals surface area contributed by atoms with E-state index in [1.165, 1.54) is 12.6 Å². The zero-order valence-electron chi connectivity index (χ0n) is 15.7. The first-order valence-electron chi connectivity index (χ1n) is 8.88. The van der Waals surface area contributed by atoms with Gasteiger partial charge in [-0.2, -0.15) is 4.31 Å². The topological polar surface area (TPSA) is 79.0 Å². The minimum absolute atomic E-state index is 0.107. The van der Waals surface area contributed by atoms with Gasteiger partial charge in [0.05, 0.1) is 31.6 Å². The van der Waals surface area contributed by atoms with E-state index >= 15 is 0 Å². The first-order valence-corrected chi connectivity index (χ1v) is 10.7. The number of nitrogens with one attached hydrogen (secondary N) is 1. The number of amides is 1. The highest BCUT2D eigenvalue weighted by molar-refractivity contribution is 7.88. The standard InChI is InChI=1S/C18H29N3O4S/c1-4-16(19-18(22)14-20(2)26(3,23)24)17-13-21(10-11-25-17)12-15-8-6-5-7-9-15/h5-9,16-17H,4,10-14H2,1-3H3,(H,19,22)/t16-,17+/m1/s1. The normalized spacial score (nSPS) is 20.1. The largest absolute Gasteiger partial charge is 0.373 e. The highest BCUT2D eigenvalue weighted by Crippen LogP contribution is 2.14. The van der Waals surface area contributed by atoms with Gasteiger partial charge in [0.1, 0.15) is 0 Å². The summed E-state index contributed by atoms with van der Waals surface area (Å²) in [4.78, 5) is 14.5. The lowest BCUT2D eigenvalue weighted by molar-refractivity contribution is -0.124. The second kappa shape index (κ2) is 9.45. The summed E-state index contributed by atoms with van der Waals surface area (Å²) in [6.45, 7) is 4.86. The zero-order chi connectivity index (χ0) is 19.2.